The monoisotopic (exact) mass is 407 g/mol. The average molecular weight is 407 g/mol. The number of fused-ring (bicyclic) bond motifs is 1. The highest BCUT2D eigenvalue weighted by Gasteiger charge is 2.26. The van der Waals surface area contributed by atoms with Crippen molar-refractivity contribution in [3.8, 4) is 6.19 Å². The SMILES string of the molecule is CCN(C#N)C(=O)C(Cc1c[nH]c2ccccc12)NC(=O)NCc1ccccc1F. The molecule has 1 heterocycles. The number of carbonyl (C=O) groups excluding carboxylic acids is 2. The highest BCUT2D eigenvalue weighted by molar-refractivity contribution is 5.90. The molecular formula is C22H22FN5O2. The third kappa shape index (κ3) is 4.75. The van der Waals surface area contributed by atoms with Gasteiger partial charge in [-0.15, -0.1) is 0 Å². The summed E-state index contributed by atoms with van der Waals surface area (Å²) in [5.41, 5.74) is 2.09. The minimum absolute atomic E-state index is 0.0256. The van der Waals surface area contributed by atoms with Gasteiger partial charge < -0.3 is 15.6 Å². The first-order valence-corrected chi connectivity index (χ1v) is 9.57. The maximum atomic E-state index is 13.8. The van der Waals surface area contributed by atoms with Crippen molar-refractivity contribution in [1.29, 1.82) is 5.26 Å². The molecule has 0 radical (unpaired) electrons. The number of urea groups is 1. The fraction of sp³-hybridized carbons (Fsp3) is 0.227. The number of carbonyl (C=O) groups is 2. The molecule has 154 valence electrons. The topological polar surface area (TPSA) is 101 Å². The molecule has 3 amide bonds. The van der Waals surface area contributed by atoms with E-state index in [1.807, 2.05) is 30.5 Å². The number of likely N-dealkylation sites (N-methyl/N-ethyl adjacent to an activating group) is 1. The predicted molar refractivity (Wildman–Crippen MR) is 111 cm³/mol. The van der Waals surface area contributed by atoms with Crippen LogP contribution in [0.4, 0.5) is 9.18 Å². The molecule has 0 aliphatic heterocycles. The number of nitriles is 1. The van der Waals surface area contributed by atoms with Crippen LogP contribution in [0.2, 0.25) is 0 Å². The first-order valence-electron chi connectivity index (χ1n) is 9.57. The van der Waals surface area contributed by atoms with Gasteiger partial charge in [0.05, 0.1) is 0 Å². The maximum absolute atomic E-state index is 13.8. The maximum Gasteiger partial charge on any atom is 0.315 e. The molecule has 0 aliphatic rings. The van der Waals surface area contributed by atoms with Gasteiger partial charge in [-0.3, -0.25) is 4.79 Å². The van der Waals surface area contributed by atoms with Gasteiger partial charge in [-0.2, -0.15) is 5.26 Å². The fourth-order valence-corrected chi connectivity index (χ4v) is 3.21. The normalized spacial score (nSPS) is 11.5. The van der Waals surface area contributed by atoms with Crippen molar-refractivity contribution < 1.29 is 14.0 Å². The fourth-order valence-electron chi connectivity index (χ4n) is 3.21. The lowest BCUT2D eigenvalue weighted by Crippen LogP contribution is -2.51. The van der Waals surface area contributed by atoms with Gasteiger partial charge in [0.2, 0.25) is 0 Å². The second-order valence-electron chi connectivity index (χ2n) is 6.72. The van der Waals surface area contributed by atoms with Gasteiger partial charge in [0.15, 0.2) is 6.19 Å². The Balaban J connectivity index is 1.75. The lowest BCUT2D eigenvalue weighted by Gasteiger charge is -2.22. The second kappa shape index (κ2) is 9.56. The van der Waals surface area contributed by atoms with Gasteiger partial charge in [-0.25, -0.2) is 14.1 Å². The van der Waals surface area contributed by atoms with Crippen molar-refractivity contribution in [1.82, 2.24) is 20.5 Å². The number of aromatic amines is 1. The Kier molecular flexibility index (Phi) is 6.65. The first-order chi connectivity index (χ1) is 14.5. The van der Waals surface area contributed by atoms with Gasteiger partial charge in [0, 0.05) is 42.2 Å². The summed E-state index contributed by atoms with van der Waals surface area (Å²) in [6, 6.07) is 12.2. The Hall–Kier alpha value is -3.86. The van der Waals surface area contributed by atoms with E-state index in [2.05, 4.69) is 15.6 Å². The number of amides is 3. The molecule has 3 aromatic rings. The number of nitrogens with zero attached hydrogens (tertiary/aromatic N) is 2. The lowest BCUT2D eigenvalue weighted by atomic mass is 10.0. The van der Waals surface area contributed by atoms with Gasteiger partial charge in [-0.1, -0.05) is 36.4 Å². The summed E-state index contributed by atoms with van der Waals surface area (Å²) in [5, 5.41) is 15.4. The molecule has 30 heavy (non-hydrogen) atoms. The number of hydrogen-bond donors (Lipinski definition) is 3. The van der Waals surface area contributed by atoms with Crippen molar-refractivity contribution in [2.75, 3.05) is 6.54 Å². The number of hydrogen-bond acceptors (Lipinski definition) is 3. The molecule has 0 saturated heterocycles. The highest BCUT2D eigenvalue weighted by atomic mass is 19.1. The molecule has 3 N–H and O–H groups in total. The molecule has 8 heteroatoms. The third-order valence-electron chi connectivity index (χ3n) is 4.80. The lowest BCUT2D eigenvalue weighted by molar-refractivity contribution is -0.129. The zero-order valence-corrected chi connectivity index (χ0v) is 16.5. The molecule has 0 bridgehead atoms. The molecule has 0 aliphatic carbocycles. The van der Waals surface area contributed by atoms with Crippen LogP contribution in [0.1, 0.15) is 18.1 Å². The number of H-pyrrole nitrogens is 1. The summed E-state index contributed by atoms with van der Waals surface area (Å²) in [7, 11) is 0. The third-order valence-corrected chi connectivity index (χ3v) is 4.80. The van der Waals surface area contributed by atoms with Crippen LogP contribution >= 0.6 is 0 Å². The number of para-hydroxylation sites is 1. The number of rotatable bonds is 7. The van der Waals surface area contributed by atoms with E-state index in [1.165, 1.54) is 6.07 Å². The molecule has 3 rings (SSSR count). The summed E-state index contributed by atoms with van der Waals surface area (Å²) in [6.45, 7) is 1.85. The van der Waals surface area contributed by atoms with Gasteiger partial charge in [0.1, 0.15) is 11.9 Å². The Labute approximate surface area is 173 Å². The molecule has 7 nitrogen and oxygen atoms in total. The summed E-state index contributed by atoms with van der Waals surface area (Å²) in [5.74, 6) is -0.933. The zero-order chi connectivity index (χ0) is 21.5. The smallest absolute Gasteiger partial charge is 0.315 e. The summed E-state index contributed by atoms with van der Waals surface area (Å²) in [4.78, 5) is 29.4. The second-order valence-corrected chi connectivity index (χ2v) is 6.72. The number of benzene rings is 2. The molecular weight excluding hydrogens is 385 g/mol. The summed E-state index contributed by atoms with van der Waals surface area (Å²) < 4.78 is 13.8. The van der Waals surface area contributed by atoms with Crippen molar-refractivity contribution in [3.63, 3.8) is 0 Å². The van der Waals surface area contributed by atoms with Crippen LogP contribution in [0.3, 0.4) is 0 Å². The van der Waals surface area contributed by atoms with E-state index < -0.39 is 23.8 Å². The summed E-state index contributed by atoms with van der Waals surface area (Å²) >= 11 is 0. The van der Waals surface area contributed by atoms with Crippen molar-refractivity contribution >= 4 is 22.8 Å². The van der Waals surface area contributed by atoms with E-state index in [1.54, 1.807) is 31.3 Å². The van der Waals surface area contributed by atoms with E-state index in [9.17, 15) is 19.2 Å². The van der Waals surface area contributed by atoms with Crippen LogP contribution in [0.15, 0.2) is 54.7 Å². The van der Waals surface area contributed by atoms with Crippen LogP contribution in [0.25, 0.3) is 10.9 Å². The predicted octanol–water partition coefficient (Wildman–Crippen LogP) is 3.05. The first kappa shape index (κ1) is 20.9. The minimum atomic E-state index is -0.954. The van der Waals surface area contributed by atoms with E-state index in [0.29, 0.717) is 5.56 Å². The van der Waals surface area contributed by atoms with Crippen molar-refractivity contribution in [3.05, 3.63) is 71.7 Å². The van der Waals surface area contributed by atoms with Crippen molar-refractivity contribution in [2.24, 2.45) is 0 Å². The van der Waals surface area contributed by atoms with Gasteiger partial charge >= 0.3 is 6.03 Å². The molecule has 0 fully saturated rings. The quantitative estimate of drug-likeness (QED) is 0.414. The average Bonchev–Trinajstić information content (AvgIpc) is 3.16. The van der Waals surface area contributed by atoms with Crippen LogP contribution in [0, 0.1) is 17.3 Å². The highest BCUT2D eigenvalue weighted by Crippen LogP contribution is 2.19. The summed E-state index contributed by atoms with van der Waals surface area (Å²) in [6.07, 6.45) is 3.83. The zero-order valence-electron chi connectivity index (χ0n) is 16.5. The van der Waals surface area contributed by atoms with Gasteiger partial charge in [-0.05, 0) is 24.6 Å². The van der Waals surface area contributed by atoms with E-state index in [-0.39, 0.29) is 19.5 Å². The standard InChI is InChI=1S/C22H22FN5O2/c1-2-28(14-24)21(29)20(11-16-13-25-19-10-6-4-8-17(16)19)27-22(30)26-12-15-7-3-5-9-18(15)23/h3-10,13,20,25H,2,11-12H2,1H3,(H2,26,27,30). The Morgan fingerprint density at radius 3 is 2.63 bits per heavy atom. The molecule has 1 atom stereocenters. The van der Waals surface area contributed by atoms with Gasteiger partial charge in [0.25, 0.3) is 5.91 Å². The Morgan fingerprint density at radius 2 is 1.90 bits per heavy atom. The minimum Gasteiger partial charge on any atom is -0.361 e. The Bertz CT molecular complexity index is 1090. The van der Waals surface area contributed by atoms with Crippen molar-refractivity contribution in [2.45, 2.75) is 25.9 Å². The van der Waals surface area contributed by atoms with Crippen LogP contribution in [-0.2, 0) is 17.8 Å². The molecule has 2 aromatic carbocycles. The van der Waals surface area contributed by atoms with Crippen LogP contribution in [0.5, 0.6) is 0 Å². The Morgan fingerprint density at radius 1 is 1.17 bits per heavy atom. The van der Waals surface area contributed by atoms with E-state index in [4.69, 9.17) is 0 Å². The van der Waals surface area contributed by atoms with E-state index in [0.717, 1.165) is 21.4 Å². The van der Waals surface area contributed by atoms with Crippen LogP contribution in [-0.4, -0.2) is 34.4 Å². The molecule has 1 unspecified atom stereocenters. The largest absolute Gasteiger partial charge is 0.361 e. The van der Waals surface area contributed by atoms with Crippen LogP contribution < -0.4 is 10.6 Å². The molecule has 0 spiro atoms. The number of halogens is 1. The molecule has 1 aromatic heterocycles. The van der Waals surface area contributed by atoms with E-state index >= 15 is 0 Å². The molecule has 0 saturated carbocycles. The number of nitrogens with one attached hydrogen (secondary N) is 3. The number of aromatic nitrogens is 1.